The molecule has 6 N–H and O–H groups in total. The smallest absolute Gasteiger partial charge is 0.256 e. The van der Waals surface area contributed by atoms with Crippen LogP contribution in [0.15, 0.2) is 18.2 Å². The molecule has 0 radical (unpaired) electrons. The van der Waals surface area contributed by atoms with Crippen molar-refractivity contribution in [3.05, 3.63) is 23.8 Å². The third-order valence-corrected chi connectivity index (χ3v) is 10.8. The van der Waals surface area contributed by atoms with E-state index in [1.165, 1.54) is 13.2 Å². The lowest BCUT2D eigenvalue weighted by Crippen LogP contribution is -2.60. The summed E-state index contributed by atoms with van der Waals surface area (Å²) in [6.07, 6.45) is -8.61. The highest BCUT2D eigenvalue weighted by Crippen LogP contribution is 2.48. The number of fused-ring (bicyclic) bond motifs is 1. The van der Waals surface area contributed by atoms with E-state index < -0.39 is 62.8 Å². The molecule has 14 heteroatoms. The van der Waals surface area contributed by atoms with E-state index in [-0.39, 0.29) is 36.6 Å². The average molecular weight is 601 g/mol. The zero-order chi connectivity index (χ0) is 30.2. The van der Waals surface area contributed by atoms with Crippen LogP contribution in [0.2, 0.25) is 18.6 Å². The molecule has 10 atom stereocenters. The molecular formula is C27H41FN2O10Si. The Morgan fingerprint density at radius 2 is 1.90 bits per heavy atom. The molecule has 1 aromatic rings. The van der Waals surface area contributed by atoms with Crippen LogP contribution in [-0.2, 0) is 19.1 Å². The fourth-order valence-corrected chi connectivity index (χ4v) is 7.97. The Bertz CT molecular complexity index is 1110. The third-order valence-electron chi connectivity index (χ3n) is 8.52. The Balaban J connectivity index is 1.54. The molecule has 4 rings (SSSR count). The molecular weight excluding hydrogens is 559 g/mol. The van der Waals surface area contributed by atoms with Crippen LogP contribution in [0.25, 0.3) is 0 Å². The maximum absolute atomic E-state index is 15.8. The van der Waals surface area contributed by atoms with Crippen LogP contribution in [0.1, 0.15) is 37.9 Å². The van der Waals surface area contributed by atoms with Gasteiger partial charge in [0.05, 0.1) is 18.8 Å². The SMILES string of the molecule is CO[C@H]1c2cc(NC(=O)[C@H]3O[C@@H](O)[C@H](O)[C@@H](O)[C@@H]3O)ccc2O[C@@H](C(CC(=O)N2CCC[C@H]2CO)[Si](C)(C)F)[C@@H]1C. The van der Waals surface area contributed by atoms with Gasteiger partial charge in [0, 0.05) is 42.8 Å². The Labute approximate surface area is 239 Å². The van der Waals surface area contributed by atoms with E-state index >= 15 is 4.11 Å². The second-order valence-corrected chi connectivity index (χ2v) is 15.6. The summed E-state index contributed by atoms with van der Waals surface area (Å²) in [5.41, 5.74) is 0.179. The molecule has 0 saturated carbocycles. The van der Waals surface area contributed by atoms with Crippen LogP contribution in [0, 0.1) is 5.92 Å². The van der Waals surface area contributed by atoms with Crippen molar-refractivity contribution in [2.75, 3.05) is 25.6 Å². The number of hydrogen-bond acceptors (Lipinski definition) is 10. The number of benzene rings is 1. The number of aliphatic hydroxyl groups excluding tert-OH is 5. The number of hydrogen-bond donors (Lipinski definition) is 6. The van der Waals surface area contributed by atoms with Gasteiger partial charge in [-0.25, -0.2) is 0 Å². The van der Waals surface area contributed by atoms with Gasteiger partial charge in [-0.1, -0.05) is 6.92 Å². The molecule has 2 amide bonds. The topological polar surface area (TPSA) is 178 Å². The summed E-state index contributed by atoms with van der Waals surface area (Å²) in [4.78, 5) is 27.7. The Morgan fingerprint density at radius 3 is 2.54 bits per heavy atom. The molecule has 3 heterocycles. The van der Waals surface area contributed by atoms with Crippen LogP contribution in [0.4, 0.5) is 9.80 Å². The molecule has 0 bridgehead atoms. The molecule has 230 valence electrons. The van der Waals surface area contributed by atoms with Crippen LogP contribution in [-0.4, -0.2) is 114 Å². The maximum Gasteiger partial charge on any atom is 0.256 e. The van der Waals surface area contributed by atoms with E-state index in [9.17, 15) is 35.1 Å². The van der Waals surface area contributed by atoms with Gasteiger partial charge >= 0.3 is 0 Å². The maximum atomic E-state index is 15.8. The number of methoxy groups -OCH3 is 1. The largest absolute Gasteiger partial charge is 0.490 e. The molecule has 1 unspecified atom stereocenters. The highest BCUT2D eigenvalue weighted by atomic mass is 28.4. The van der Waals surface area contributed by atoms with E-state index in [1.54, 1.807) is 30.1 Å². The molecule has 2 fully saturated rings. The fourth-order valence-electron chi connectivity index (χ4n) is 6.16. The monoisotopic (exact) mass is 600 g/mol. The number of nitrogens with zero attached hydrogens (tertiary/aromatic N) is 1. The first kappa shape index (κ1) is 31.8. The molecule has 0 aliphatic carbocycles. The standard InChI is InChI=1S/C27H41FN2O10Si/c1-13-23(38-2)16-10-14(29-26(36)25-21(34)20(33)22(35)27(37)40-25)7-8-17(16)39-24(13)18(41(3,4)28)11-19(32)30-9-5-6-15(30)12-31/h7-8,10,13,15,18,20-25,27,31,33-35,37H,5-6,9,11-12H2,1-4H3,(H,29,36)/t13-,15+,18?,20+,21+,22-,23-,24-,25+,27-/m1/s1. The lowest BCUT2D eigenvalue weighted by molar-refractivity contribution is -0.274. The molecule has 3 aliphatic heterocycles. The highest BCUT2D eigenvalue weighted by Gasteiger charge is 2.50. The normalized spacial score (nSPS) is 34.5. The van der Waals surface area contributed by atoms with E-state index in [0.717, 1.165) is 6.42 Å². The first-order chi connectivity index (χ1) is 19.3. The first-order valence-electron chi connectivity index (χ1n) is 13.9. The summed E-state index contributed by atoms with van der Waals surface area (Å²) < 4.78 is 33.0. The predicted molar refractivity (Wildman–Crippen MR) is 146 cm³/mol. The van der Waals surface area contributed by atoms with Gasteiger partial charge in [-0.2, -0.15) is 0 Å². The van der Waals surface area contributed by atoms with Gasteiger partial charge in [0.15, 0.2) is 12.4 Å². The Kier molecular flexibility index (Phi) is 9.75. The van der Waals surface area contributed by atoms with E-state index in [4.69, 9.17) is 14.2 Å². The number of nitrogens with one attached hydrogen (secondary N) is 1. The molecule has 1 aromatic carbocycles. The van der Waals surface area contributed by atoms with Crippen molar-refractivity contribution in [2.45, 2.75) is 93.8 Å². The number of halogens is 1. The number of carbonyl (C=O) groups excluding carboxylic acids is 2. The van der Waals surface area contributed by atoms with Gasteiger partial charge in [0.25, 0.3) is 5.91 Å². The molecule has 2 saturated heterocycles. The molecule has 0 aromatic heterocycles. The second-order valence-electron chi connectivity index (χ2n) is 11.7. The minimum Gasteiger partial charge on any atom is -0.490 e. The summed E-state index contributed by atoms with van der Waals surface area (Å²) in [7, 11) is -1.94. The number of anilines is 1. The quantitative estimate of drug-likeness (QED) is 0.181. The lowest BCUT2D eigenvalue weighted by Gasteiger charge is -2.43. The van der Waals surface area contributed by atoms with Crippen molar-refractivity contribution < 1.29 is 53.4 Å². The average Bonchev–Trinajstić information content (AvgIpc) is 3.41. The lowest BCUT2D eigenvalue weighted by atomic mass is 9.86. The van der Waals surface area contributed by atoms with Gasteiger partial charge in [-0.15, -0.1) is 0 Å². The number of likely N-dealkylation sites (tertiary alicyclic amines) is 1. The zero-order valence-electron chi connectivity index (χ0n) is 23.6. The van der Waals surface area contributed by atoms with Crippen molar-refractivity contribution in [3.63, 3.8) is 0 Å². The van der Waals surface area contributed by atoms with Crippen molar-refractivity contribution >= 4 is 25.9 Å². The number of carbonyl (C=O) groups is 2. The van der Waals surface area contributed by atoms with E-state index in [1.807, 2.05) is 6.92 Å². The van der Waals surface area contributed by atoms with E-state index in [2.05, 4.69) is 5.32 Å². The third kappa shape index (κ3) is 6.44. The number of amides is 2. The number of ether oxygens (including phenoxy) is 3. The number of aliphatic hydroxyl groups is 5. The van der Waals surface area contributed by atoms with Gasteiger partial charge in [0.1, 0.15) is 30.2 Å². The van der Waals surface area contributed by atoms with Crippen molar-refractivity contribution in [2.24, 2.45) is 5.92 Å². The van der Waals surface area contributed by atoms with Crippen molar-refractivity contribution in [3.8, 4) is 5.75 Å². The van der Waals surface area contributed by atoms with Gasteiger partial charge in [-0.3, -0.25) is 9.59 Å². The van der Waals surface area contributed by atoms with Crippen LogP contribution >= 0.6 is 0 Å². The van der Waals surface area contributed by atoms with Gasteiger partial charge < -0.3 is 54.1 Å². The highest BCUT2D eigenvalue weighted by molar-refractivity contribution is 6.72. The predicted octanol–water partition coefficient (Wildman–Crippen LogP) is 0.428. The molecule has 41 heavy (non-hydrogen) atoms. The summed E-state index contributed by atoms with van der Waals surface area (Å²) in [6.45, 7) is 5.37. The van der Waals surface area contributed by atoms with Gasteiger partial charge in [-0.05, 0) is 44.1 Å². The van der Waals surface area contributed by atoms with Crippen molar-refractivity contribution in [1.82, 2.24) is 4.90 Å². The number of rotatable bonds is 8. The molecule has 0 spiro atoms. The van der Waals surface area contributed by atoms with Gasteiger partial charge in [0.2, 0.25) is 14.3 Å². The van der Waals surface area contributed by atoms with Crippen molar-refractivity contribution in [1.29, 1.82) is 0 Å². The van der Waals surface area contributed by atoms with Crippen LogP contribution in [0.5, 0.6) is 5.75 Å². The zero-order valence-corrected chi connectivity index (χ0v) is 24.6. The first-order valence-corrected chi connectivity index (χ1v) is 16.8. The summed E-state index contributed by atoms with van der Waals surface area (Å²) >= 11 is 0. The van der Waals surface area contributed by atoms with E-state index in [0.29, 0.717) is 24.3 Å². The molecule has 3 aliphatic rings. The summed E-state index contributed by atoms with van der Waals surface area (Å²) in [5.74, 6) is -1.02. The minimum atomic E-state index is -3.44. The summed E-state index contributed by atoms with van der Waals surface area (Å²) in [5, 5.41) is 51.7. The molecule has 12 nitrogen and oxygen atoms in total. The minimum absolute atomic E-state index is 0.0444. The fraction of sp³-hybridized carbons (Fsp3) is 0.704. The second kappa shape index (κ2) is 12.6. The van der Waals surface area contributed by atoms with Crippen LogP contribution in [0.3, 0.4) is 0 Å². The Hall–Kier alpha value is -2.17. The Morgan fingerprint density at radius 1 is 1.20 bits per heavy atom. The summed E-state index contributed by atoms with van der Waals surface area (Å²) in [6, 6.07) is 4.48. The van der Waals surface area contributed by atoms with Crippen LogP contribution < -0.4 is 10.1 Å².